The van der Waals surface area contributed by atoms with Crippen LogP contribution in [0.1, 0.15) is 25.7 Å². The number of rotatable bonds is 8. The molecule has 0 aliphatic carbocycles. The first-order chi connectivity index (χ1) is 12.0. The maximum absolute atomic E-state index is 12.4. The molecule has 1 amide bonds. The fraction of sp³-hybridized carbons (Fsp3) is 0.556. The van der Waals surface area contributed by atoms with E-state index < -0.39 is 11.4 Å². The third-order valence-electron chi connectivity index (χ3n) is 4.42. The van der Waals surface area contributed by atoms with E-state index in [4.69, 9.17) is 16.3 Å². The van der Waals surface area contributed by atoms with Crippen molar-refractivity contribution in [2.75, 3.05) is 32.6 Å². The highest BCUT2D eigenvalue weighted by Gasteiger charge is 2.43. The van der Waals surface area contributed by atoms with Crippen molar-refractivity contribution in [2.45, 2.75) is 30.6 Å². The van der Waals surface area contributed by atoms with Crippen LogP contribution in [0.4, 0.5) is 0 Å². The van der Waals surface area contributed by atoms with Gasteiger partial charge in [0.05, 0.1) is 6.61 Å². The lowest BCUT2D eigenvalue weighted by Crippen LogP contribution is -2.52. The monoisotopic (exact) mass is 385 g/mol. The summed E-state index contributed by atoms with van der Waals surface area (Å²) in [4.78, 5) is 26.9. The molecule has 25 heavy (non-hydrogen) atoms. The van der Waals surface area contributed by atoms with E-state index in [2.05, 4.69) is 0 Å². The molecule has 5 nitrogen and oxygen atoms in total. The topological polar surface area (TPSA) is 66.8 Å². The number of piperidine rings is 1. The molecule has 1 aliphatic heterocycles. The van der Waals surface area contributed by atoms with Crippen LogP contribution in [0.2, 0.25) is 5.02 Å². The summed E-state index contributed by atoms with van der Waals surface area (Å²) < 4.78 is 5.10. The van der Waals surface area contributed by atoms with Gasteiger partial charge in [-0.2, -0.15) is 0 Å². The van der Waals surface area contributed by atoms with Crippen LogP contribution in [-0.4, -0.2) is 54.4 Å². The Morgan fingerprint density at radius 2 is 2.08 bits per heavy atom. The Bertz CT molecular complexity index is 591. The van der Waals surface area contributed by atoms with Gasteiger partial charge in [-0.05, 0) is 49.3 Å². The van der Waals surface area contributed by atoms with Crippen LogP contribution in [0.15, 0.2) is 29.2 Å². The van der Waals surface area contributed by atoms with Gasteiger partial charge in [0.2, 0.25) is 5.91 Å². The van der Waals surface area contributed by atoms with E-state index >= 15 is 0 Å². The van der Waals surface area contributed by atoms with Crippen molar-refractivity contribution >= 4 is 35.2 Å². The highest BCUT2D eigenvalue weighted by molar-refractivity contribution is 7.99. The van der Waals surface area contributed by atoms with Crippen LogP contribution in [0, 0.1) is 5.41 Å². The van der Waals surface area contributed by atoms with Crippen LogP contribution in [-0.2, 0) is 14.3 Å². The number of nitrogens with zero attached hydrogens (tertiary/aromatic N) is 1. The SMILES string of the molecule is COCC1(C(=O)O)CCCN(C(=O)CCCSc2ccc(Cl)cc2)C1. The first kappa shape index (κ1) is 20.1. The standard InChI is InChI=1S/C18H24ClNO4S/c1-24-13-18(17(22)23)9-3-10-20(12-18)16(21)4-2-11-25-15-7-5-14(19)6-8-15/h5-8H,2-4,9-13H2,1H3,(H,22,23). The molecule has 1 aliphatic rings. The van der Waals surface area contributed by atoms with Crippen molar-refractivity contribution in [1.29, 1.82) is 0 Å². The number of carboxylic acid groups (broad SMARTS) is 1. The molecule has 0 saturated carbocycles. The summed E-state index contributed by atoms with van der Waals surface area (Å²) in [6, 6.07) is 7.63. The summed E-state index contributed by atoms with van der Waals surface area (Å²) in [6.45, 7) is 1.000. The van der Waals surface area contributed by atoms with E-state index in [-0.39, 0.29) is 19.1 Å². The molecule has 0 bridgehead atoms. The molecule has 1 heterocycles. The zero-order valence-electron chi connectivity index (χ0n) is 14.4. The number of methoxy groups -OCH3 is 1. The van der Waals surface area contributed by atoms with Gasteiger partial charge in [0.25, 0.3) is 0 Å². The minimum atomic E-state index is -0.972. The summed E-state index contributed by atoms with van der Waals surface area (Å²) in [5, 5.41) is 10.3. The molecule has 138 valence electrons. The molecule has 1 unspecified atom stereocenters. The molecule has 2 rings (SSSR count). The van der Waals surface area contributed by atoms with Crippen molar-refractivity contribution in [3.05, 3.63) is 29.3 Å². The van der Waals surface area contributed by atoms with Gasteiger partial charge in [-0.25, -0.2) is 0 Å². The minimum absolute atomic E-state index is 0.0261. The molecule has 1 aromatic carbocycles. The summed E-state index contributed by atoms with van der Waals surface area (Å²) in [5.41, 5.74) is -0.972. The second kappa shape index (κ2) is 9.46. The second-order valence-electron chi connectivity index (χ2n) is 6.34. The predicted molar refractivity (Wildman–Crippen MR) is 99.2 cm³/mol. The van der Waals surface area contributed by atoms with Crippen LogP contribution in [0.5, 0.6) is 0 Å². The average molecular weight is 386 g/mol. The lowest BCUT2D eigenvalue weighted by molar-refractivity contribution is -0.159. The number of carbonyl (C=O) groups excluding carboxylic acids is 1. The zero-order valence-corrected chi connectivity index (χ0v) is 15.9. The van der Waals surface area contributed by atoms with Gasteiger partial charge in [0.15, 0.2) is 0 Å². The van der Waals surface area contributed by atoms with Crippen LogP contribution in [0.3, 0.4) is 0 Å². The molecule has 1 fully saturated rings. The minimum Gasteiger partial charge on any atom is -0.481 e. The third kappa shape index (κ3) is 5.62. The van der Waals surface area contributed by atoms with Crippen LogP contribution in [0.25, 0.3) is 0 Å². The first-order valence-electron chi connectivity index (χ1n) is 8.35. The summed E-state index contributed by atoms with van der Waals surface area (Å²) in [6.07, 6.45) is 2.43. The Morgan fingerprint density at radius 3 is 2.72 bits per heavy atom. The fourth-order valence-corrected chi connectivity index (χ4v) is 4.06. The summed E-state index contributed by atoms with van der Waals surface area (Å²) >= 11 is 7.55. The zero-order chi connectivity index (χ0) is 18.3. The maximum atomic E-state index is 12.4. The Labute approximate surface area is 157 Å². The third-order valence-corrected chi connectivity index (χ3v) is 5.77. The number of benzene rings is 1. The van der Waals surface area contributed by atoms with Crippen molar-refractivity contribution < 1.29 is 19.4 Å². The molecule has 1 saturated heterocycles. The van der Waals surface area contributed by atoms with Crippen LogP contribution < -0.4 is 0 Å². The van der Waals surface area contributed by atoms with E-state index in [0.717, 1.165) is 17.1 Å². The lowest BCUT2D eigenvalue weighted by atomic mass is 9.80. The van der Waals surface area contributed by atoms with E-state index in [1.165, 1.54) is 7.11 Å². The molecule has 1 atom stereocenters. The van der Waals surface area contributed by atoms with Gasteiger partial charge in [0.1, 0.15) is 5.41 Å². The largest absolute Gasteiger partial charge is 0.481 e. The normalized spacial score (nSPS) is 20.5. The number of thioether (sulfide) groups is 1. The maximum Gasteiger partial charge on any atom is 0.313 e. The average Bonchev–Trinajstić information content (AvgIpc) is 2.60. The smallest absolute Gasteiger partial charge is 0.313 e. The lowest BCUT2D eigenvalue weighted by Gasteiger charge is -2.39. The quantitative estimate of drug-likeness (QED) is 0.547. The number of amides is 1. The number of likely N-dealkylation sites (tertiary alicyclic amines) is 1. The van der Waals surface area contributed by atoms with Crippen molar-refractivity contribution in [1.82, 2.24) is 4.90 Å². The molecule has 1 aromatic rings. The van der Waals surface area contributed by atoms with E-state index in [1.54, 1.807) is 16.7 Å². The molecule has 1 N–H and O–H groups in total. The number of ether oxygens (including phenoxy) is 1. The number of halogens is 1. The van der Waals surface area contributed by atoms with Gasteiger partial charge >= 0.3 is 5.97 Å². The van der Waals surface area contributed by atoms with Crippen molar-refractivity contribution in [2.24, 2.45) is 5.41 Å². The molecule has 7 heteroatoms. The molecule has 0 spiro atoms. The van der Waals surface area contributed by atoms with Crippen molar-refractivity contribution in [3.8, 4) is 0 Å². The van der Waals surface area contributed by atoms with E-state index in [9.17, 15) is 14.7 Å². The number of aliphatic carboxylic acids is 1. The fourth-order valence-electron chi connectivity index (χ4n) is 3.08. The molecule has 0 aromatic heterocycles. The Kier molecular flexibility index (Phi) is 7.59. The number of hydrogen-bond donors (Lipinski definition) is 1. The van der Waals surface area contributed by atoms with Crippen LogP contribution >= 0.6 is 23.4 Å². The first-order valence-corrected chi connectivity index (χ1v) is 9.72. The van der Waals surface area contributed by atoms with Gasteiger partial charge in [-0.15, -0.1) is 11.8 Å². The highest BCUT2D eigenvalue weighted by atomic mass is 35.5. The van der Waals surface area contributed by atoms with E-state index in [0.29, 0.717) is 30.8 Å². The Hall–Kier alpha value is -1.24. The molecular weight excluding hydrogens is 362 g/mol. The number of carboxylic acids is 1. The number of carbonyl (C=O) groups is 2. The Balaban J connectivity index is 1.79. The van der Waals surface area contributed by atoms with Gasteiger partial charge in [0, 0.05) is 36.5 Å². The number of hydrogen-bond acceptors (Lipinski definition) is 4. The van der Waals surface area contributed by atoms with E-state index in [1.807, 2.05) is 24.3 Å². The van der Waals surface area contributed by atoms with Gasteiger partial charge < -0.3 is 14.7 Å². The van der Waals surface area contributed by atoms with Gasteiger partial charge in [-0.3, -0.25) is 9.59 Å². The van der Waals surface area contributed by atoms with Gasteiger partial charge in [-0.1, -0.05) is 11.6 Å². The second-order valence-corrected chi connectivity index (χ2v) is 7.95. The van der Waals surface area contributed by atoms with Crippen molar-refractivity contribution in [3.63, 3.8) is 0 Å². The molecule has 0 radical (unpaired) electrons. The summed E-state index contributed by atoms with van der Waals surface area (Å²) in [5.74, 6) is -0.0214. The molecular formula is C18H24ClNO4S. The predicted octanol–water partition coefficient (Wildman–Crippen LogP) is 3.55. The summed E-state index contributed by atoms with van der Waals surface area (Å²) in [7, 11) is 1.50. The Morgan fingerprint density at radius 1 is 1.36 bits per heavy atom. The highest BCUT2D eigenvalue weighted by Crippen LogP contribution is 2.31.